The first-order valence-corrected chi connectivity index (χ1v) is 11.2. The van der Waals surface area contributed by atoms with Gasteiger partial charge in [0.2, 0.25) is 5.91 Å². The Hall–Kier alpha value is -1.76. The van der Waals surface area contributed by atoms with E-state index in [4.69, 9.17) is 9.47 Å². The average Bonchev–Trinajstić information content (AvgIpc) is 3.55. The SMILES string of the molecule is COCCOCC(=O)NCc1ccc2c(c1)[C@]1(C)CCN(CC3CC3)C(C2=O)[C@@H]1C. The molecule has 6 nitrogen and oxygen atoms in total. The number of benzene rings is 1. The van der Waals surface area contributed by atoms with Crippen LogP contribution in [0, 0.1) is 11.8 Å². The van der Waals surface area contributed by atoms with Crippen molar-refractivity contribution in [3.05, 3.63) is 34.9 Å². The highest BCUT2D eigenvalue weighted by Crippen LogP contribution is 2.49. The zero-order valence-corrected chi connectivity index (χ0v) is 18.4. The highest BCUT2D eigenvalue weighted by Gasteiger charge is 2.52. The fraction of sp³-hybridized carbons (Fsp3) is 0.667. The number of fused-ring (bicyclic) bond motifs is 4. The number of ether oxygens (including phenoxy) is 2. The zero-order chi connectivity index (χ0) is 21.3. The lowest BCUT2D eigenvalue weighted by molar-refractivity contribution is -0.126. The first kappa shape index (κ1) is 21.5. The third kappa shape index (κ3) is 4.18. The smallest absolute Gasteiger partial charge is 0.246 e. The quantitative estimate of drug-likeness (QED) is 0.629. The van der Waals surface area contributed by atoms with Crippen LogP contribution in [0.15, 0.2) is 18.2 Å². The monoisotopic (exact) mass is 414 g/mol. The van der Waals surface area contributed by atoms with Gasteiger partial charge in [0.1, 0.15) is 6.61 Å². The standard InChI is InChI=1S/C24H34N2O4/c1-16-22-23(28)19-7-6-18(13-25-21(27)15-30-11-10-29-3)12-20(19)24(16,2)8-9-26(22)14-17-4-5-17/h6-7,12,16-17,22H,4-5,8-11,13-15H2,1-3H3,(H,25,27)/t16-,22?,24+/m0/s1. The molecule has 1 heterocycles. The molecule has 1 saturated carbocycles. The van der Waals surface area contributed by atoms with Crippen LogP contribution in [0.25, 0.3) is 0 Å². The molecule has 2 fully saturated rings. The van der Waals surface area contributed by atoms with Crippen molar-refractivity contribution in [2.24, 2.45) is 11.8 Å². The van der Waals surface area contributed by atoms with Gasteiger partial charge in [-0.2, -0.15) is 0 Å². The van der Waals surface area contributed by atoms with E-state index in [-0.39, 0.29) is 29.8 Å². The Morgan fingerprint density at radius 3 is 2.83 bits per heavy atom. The molecule has 30 heavy (non-hydrogen) atoms. The van der Waals surface area contributed by atoms with Crippen LogP contribution >= 0.6 is 0 Å². The fourth-order valence-electron chi connectivity index (χ4n) is 5.12. The molecule has 3 aliphatic rings. The molecule has 2 aliphatic carbocycles. The summed E-state index contributed by atoms with van der Waals surface area (Å²) in [7, 11) is 1.60. The lowest BCUT2D eigenvalue weighted by atomic mass is 9.58. The Kier molecular flexibility index (Phi) is 6.28. The Bertz CT molecular complexity index is 806. The number of rotatable bonds is 9. The van der Waals surface area contributed by atoms with Gasteiger partial charge < -0.3 is 14.8 Å². The maximum Gasteiger partial charge on any atom is 0.246 e. The number of carbonyl (C=O) groups excluding carboxylic acids is 2. The number of piperidine rings is 1. The van der Waals surface area contributed by atoms with E-state index in [1.54, 1.807) is 7.11 Å². The van der Waals surface area contributed by atoms with Crippen molar-refractivity contribution in [1.29, 1.82) is 0 Å². The largest absolute Gasteiger partial charge is 0.382 e. The molecule has 1 unspecified atom stereocenters. The summed E-state index contributed by atoms with van der Waals surface area (Å²) in [6, 6.07) is 6.10. The third-order valence-electron chi connectivity index (χ3n) is 7.37. The maximum atomic E-state index is 13.4. The van der Waals surface area contributed by atoms with Crippen LogP contribution in [0.2, 0.25) is 0 Å². The fourth-order valence-corrected chi connectivity index (χ4v) is 5.12. The summed E-state index contributed by atoms with van der Waals surface area (Å²) in [5, 5.41) is 2.91. The molecule has 1 aromatic rings. The number of hydrogen-bond donors (Lipinski definition) is 1. The van der Waals surface area contributed by atoms with Crippen LogP contribution in [0.3, 0.4) is 0 Å². The maximum absolute atomic E-state index is 13.4. The van der Waals surface area contributed by atoms with Crippen molar-refractivity contribution in [3.8, 4) is 0 Å². The second kappa shape index (κ2) is 8.77. The molecule has 0 radical (unpaired) electrons. The molecule has 1 amide bonds. The molecule has 2 bridgehead atoms. The molecule has 3 atom stereocenters. The van der Waals surface area contributed by atoms with Gasteiger partial charge >= 0.3 is 0 Å². The van der Waals surface area contributed by atoms with E-state index in [9.17, 15) is 9.59 Å². The summed E-state index contributed by atoms with van der Waals surface area (Å²) in [6.45, 7) is 7.97. The van der Waals surface area contributed by atoms with E-state index in [2.05, 4.69) is 30.1 Å². The van der Waals surface area contributed by atoms with Gasteiger partial charge in [0.15, 0.2) is 5.78 Å². The van der Waals surface area contributed by atoms with E-state index in [1.807, 2.05) is 12.1 Å². The van der Waals surface area contributed by atoms with Crippen LogP contribution < -0.4 is 5.32 Å². The minimum Gasteiger partial charge on any atom is -0.382 e. The Morgan fingerprint density at radius 1 is 1.30 bits per heavy atom. The third-order valence-corrected chi connectivity index (χ3v) is 7.37. The number of methoxy groups -OCH3 is 1. The Morgan fingerprint density at radius 2 is 2.10 bits per heavy atom. The van der Waals surface area contributed by atoms with Crippen molar-refractivity contribution in [2.45, 2.75) is 51.1 Å². The van der Waals surface area contributed by atoms with Gasteiger partial charge in [0.05, 0.1) is 19.3 Å². The summed E-state index contributed by atoms with van der Waals surface area (Å²) in [6.07, 6.45) is 3.69. The van der Waals surface area contributed by atoms with Crippen LogP contribution in [-0.4, -0.2) is 62.7 Å². The van der Waals surface area contributed by atoms with E-state index >= 15 is 0 Å². The highest BCUT2D eigenvalue weighted by molar-refractivity contribution is 6.03. The first-order chi connectivity index (χ1) is 14.4. The number of ketones is 1. The second-order valence-electron chi connectivity index (χ2n) is 9.41. The molecule has 6 heteroatoms. The number of Topliss-reactive ketones (excluding diaryl/α,β-unsaturated/α-hetero) is 1. The van der Waals surface area contributed by atoms with Crippen LogP contribution in [0.5, 0.6) is 0 Å². The second-order valence-corrected chi connectivity index (χ2v) is 9.41. The molecule has 0 spiro atoms. The predicted molar refractivity (Wildman–Crippen MR) is 115 cm³/mol. The molecule has 1 aliphatic heterocycles. The van der Waals surface area contributed by atoms with Crippen molar-refractivity contribution >= 4 is 11.7 Å². The number of carbonyl (C=O) groups is 2. The first-order valence-electron chi connectivity index (χ1n) is 11.2. The van der Waals surface area contributed by atoms with Gasteiger partial charge in [-0.1, -0.05) is 32.0 Å². The number of nitrogens with zero attached hydrogens (tertiary/aromatic N) is 1. The Balaban J connectivity index is 1.46. The van der Waals surface area contributed by atoms with Gasteiger partial charge in [-0.3, -0.25) is 14.5 Å². The van der Waals surface area contributed by atoms with Crippen LogP contribution in [-0.2, 0) is 26.2 Å². The summed E-state index contributed by atoms with van der Waals surface area (Å²) in [5.41, 5.74) is 3.06. The molecular weight excluding hydrogens is 380 g/mol. The molecule has 164 valence electrons. The summed E-state index contributed by atoms with van der Waals surface area (Å²) in [4.78, 5) is 27.9. The van der Waals surface area contributed by atoms with Crippen molar-refractivity contribution in [2.75, 3.05) is 40.0 Å². The number of amides is 1. The van der Waals surface area contributed by atoms with Crippen molar-refractivity contribution in [3.63, 3.8) is 0 Å². The number of hydrogen-bond acceptors (Lipinski definition) is 5. The molecule has 1 saturated heterocycles. The summed E-state index contributed by atoms with van der Waals surface area (Å²) >= 11 is 0. The highest BCUT2D eigenvalue weighted by atomic mass is 16.5. The minimum absolute atomic E-state index is 0.00273. The molecule has 1 aromatic carbocycles. The van der Waals surface area contributed by atoms with E-state index in [1.165, 1.54) is 12.8 Å². The average molecular weight is 415 g/mol. The van der Waals surface area contributed by atoms with Gasteiger partial charge in [-0.25, -0.2) is 0 Å². The van der Waals surface area contributed by atoms with Crippen molar-refractivity contribution in [1.82, 2.24) is 10.2 Å². The van der Waals surface area contributed by atoms with Crippen molar-refractivity contribution < 1.29 is 19.1 Å². The molecular formula is C24H34N2O4. The van der Waals surface area contributed by atoms with Gasteiger partial charge in [-0.05, 0) is 54.2 Å². The van der Waals surface area contributed by atoms with Gasteiger partial charge in [0.25, 0.3) is 0 Å². The van der Waals surface area contributed by atoms with Gasteiger partial charge in [0, 0.05) is 25.8 Å². The number of likely N-dealkylation sites (tertiary alicyclic amines) is 1. The van der Waals surface area contributed by atoms with E-state index in [0.29, 0.717) is 25.7 Å². The topological polar surface area (TPSA) is 67.9 Å². The van der Waals surface area contributed by atoms with E-state index in [0.717, 1.165) is 42.1 Å². The summed E-state index contributed by atoms with van der Waals surface area (Å²) < 4.78 is 10.2. The summed E-state index contributed by atoms with van der Waals surface area (Å²) in [5.74, 6) is 1.22. The minimum atomic E-state index is -0.145. The normalized spacial score (nSPS) is 28.3. The number of nitrogens with one attached hydrogen (secondary N) is 1. The lowest BCUT2D eigenvalue weighted by Crippen LogP contribution is -2.61. The molecule has 1 N–H and O–H groups in total. The lowest BCUT2D eigenvalue weighted by Gasteiger charge is -2.53. The Labute approximate surface area is 179 Å². The zero-order valence-electron chi connectivity index (χ0n) is 18.4. The predicted octanol–water partition coefficient (Wildman–Crippen LogP) is 2.54. The van der Waals surface area contributed by atoms with Crippen LogP contribution in [0.4, 0.5) is 0 Å². The van der Waals surface area contributed by atoms with Crippen LogP contribution in [0.1, 0.15) is 54.6 Å². The molecule has 4 rings (SSSR count). The van der Waals surface area contributed by atoms with E-state index < -0.39 is 0 Å². The van der Waals surface area contributed by atoms with Gasteiger partial charge in [-0.15, -0.1) is 0 Å². The molecule has 0 aromatic heterocycles.